The van der Waals surface area contributed by atoms with Crippen molar-refractivity contribution in [1.29, 1.82) is 0 Å². The van der Waals surface area contributed by atoms with Gasteiger partial charge in [-0.3, -0.25) is 10.0 Å². The summed E-state index contributed by atoms with van der Waals surface area (Å²) in [4.78, 5) is 4.14. The van der Waals surface area contributed by atoms with Gasteiger partial charge in [0, 0.05) is 19.0 Å². The number of nitrogens with one attached hydrogen (secondary N) is 1. The molecule has 0 radical (unpaired) electrons. The Morgan fingerprint density at radius 1 is 1.73 bits per heavy atom. The van der Waals surface area contributed by atoms with E-state index in [1.165, 1.54) is 0 Å². The minimum absolute atomic E-state index is 0.681. The van der Waals surface area contributed by atoms with Gasteiger partial charge >= 0.3 is 0 Å². The molecular weight excluding hydrogens is 138 g/mol. The molecule has 11 heavy (non-hydrogen) atoms. The quantitative estimate of drug-likeness (QED) is 0.607. The fourth-order valence-electron chi connectivity index (χ4n) is 0.782. The first-order valence-corrected chi connectivity index (χ1v) is 3.71. The lowest BCUT2D eigenvalue weighted by atomic mass is 10.6. The molecule has 0 amide bonds. The summed E-state index contributed by atoms with van der Waals surface area (Å²) in [6, 6.07) is 0. The molecule has 0 saturated carbocycles. The lowest BCUT2D eigenvalue weighted by Gasteiger charge is -2.11. The number of hydrazine groups is 1. The number of hydrogen-bond acceptors (Lipinski definition) is 3. The Kier molecular flexibility index (Phi) is 3.41. The first-order valence-electron chi connectivity index (χ1n) is 3.71. The molecular formula is C8H13N3. The van der Waals surface area contributed by atoms with Crippen molar-refractivity contribution < 1.29 is 0 Å². The van der Waals surface area contributed by atoms with E-state index in [1.807, 2.05) is 30.3 Å². The Hall–Kier alpha value is -1.09. The molecule has 3 heteroatoms. The van der Waals surface area contributed by atoms with Gasteiger partial charge in [-0.25, -0.2) is 5.43 Å². The lowest BCUT2D eigenvalue weighted by molar-refractivity contribution is 0.317. The summed E-state index contributed by atoms with van der Waals surface area (Å²) in [7, 11) is 0. The highest BCUT2D eigenvalue weighted by molar-refractivity contribution is 5.70. The zero-order valence-corrected chi connectivity index (χ0v) is 6.70. The van der Waals surface area contributed by atoms with Crippen LogP contribution in [0.3, 0.4) is 0 Å². The zero-order valence-electron chi connectivity index (χ0n) is 6.70. The van der Waals surface area contributed by atoms with Crippen molar-refractivity contribution in [2.75, 3.05) is 13.2 Å². The summed E-state index contributed by atoms with van der Waals surface area (Å²) >= 11 is 0. The second kappa shape index (κ2) is 4.68. The molecule has 0 bridgehead atoms. The van der Waals surface area contributed by atoms with E-state index in [9.17, 15) is 0 Å². The van der Waals surface area contributed by atoms with Crippen molar-refractivity contribution >= 4 is 6.21 Å². The van der Waals surface area contributed by atoms with Gasteiger partial charge in [0.1, 0.15) is 6.67 Å². The van der Waals surface area contributed by atoms with Crippen LogP contribution < -0.4 is 5.43 Å². The fraction of sp³-hybridized carbons (Fsp3) is 0.375. The molecule has 3 nitrogen and oxygen atoms in total. The van der Waals surface area contributed by atoms with E-state index in [-0.39, 0.29) is 0 Å². The maximum absolute atomic E-state index is 4.14. The van der Waals surface area contributed by atoms with Crippen LogP contribution in [0.4, 0.5) is 0 Å². The van der Waals surface area contributed by atoms with Crippen molar-refractivity contribution in [2.45, 2.75) is 6.92 Å². The summed E-state index contributed by atoms with van der Waals surface area (Å²) in [6.45, 7) is 3.57. The molecule has 0 aliphatic carbocycles. The average molecular weight is 151 g/mol. The minimum atomic E-state index is 0.681. The summed E-state index contributed by atoms with van der Waals surface area (Å²) < 4.78 is 0. The molecule has 0 aromatic carbocycles. The zero-order chi connectivity index (χ0) is 7.94. The third kappa shape index (κ3) is 3.00. The van der Waals surface area contributed by atoms with Crippen LogP contribution in [0.2, 0.25) is 0 Å². The second-order valence-corrected chi connectivity index (χ2v) is 2.22. The van der Waals surface area contributed by atoms with Crippen LogP contribution in [0.15, 0.2) is 29.4 Å². The van der Waals surface area contributed by atoms with Gasteiger partial charge in [0.15, 0.2) is 0 Å². The van der Waals surface area contributed by atoms with E-state index in [0.29, 0.717) is 6.67 Å². The highest BCUT2D eigenvalue weighted by atomic mass is 15.5. The summed E-state index contributed by atoms with van der Waals surface area (Å²) in [5, 5.41) is 1.94. The molecule has 0 aromatic rings. The molecule has 1 N–H and O–H groups in total. The van der Waals surface area contributed by atoms with E-state index >= 15 is 0 Å². The highest BCUT2D eigenvalue weighted by Gasteiger charge is 1.98. The highest BCUT2D eigenvalue weighted by Crippen LogP contribution is 1.91. The Bertz CT molecular complexity index is 182. The van der Waals surface area contributed by atoms with Crippen LogP contribution in [0.1, 0.15) is 6.92 Å². The summed E-state index contributed by atoms with van der Waals surface area (Å²) in [5.41, 5.74) is 3.12. The van der Waals surface area contributed by atoms with Crippen molar-refractivity contribution in [1.82, 2.24) is 10.4 Å². The second-order valence-electron chi connectivity index (χ2n) is 2.22. The molecule has 1 rings (SSSR count). The van der Waals surface area contributed by atoms with Crippen LogP contribution in [0.5, 0.6) is 0 Å². The van der Waals surface area contributed by atoms with Gasteiger partial charge in [-0.2, -0.15) is 0 Å². The fourth-order valence-corrected chi connectivity index (χ4v) is 0.782. The Labute approximate surface area is 67.1 Å². The van der Waals surface area contributed by atoms with Gasteiger partial charge in [0.05, 0.1) is 0 Å². The smallest absolute Gasteiger partial charge is 0.124 e. The van der Waals surface area contributed by atoms with Crippen LogP contribution in [0.25, 0.3) is 0 Å². The van der Waals surface area contributed by atoms with Crippen LogP contribution in [-0.4, -0.2) is 24.4 Å². The van der Waals surface area contributed by atoms with Crippen molar-refractivity contribution in [3.63, 3.8) is 0 Å². The normalized spacial score (nSPS) is 17.7. The van der Waals surface area contributed by atoms with Crippen LogP contribution in [-0.2, 0) is 0 Å². The number of allylic oxidation sites excluding steroid dienone is 2. The molecule has 1 aliphatic heterocycles. The molecule has 0 fully saturated rings. The maximum Gasteiger partial charge on any atom is 0.124 e. The maximum atomic E-state index is 4.14. The third-order valence-corrected chi connectivity index (χ3v) is 1.32. The van der Waals surface area contributed by atoms with Crippen LogP contribution in [0, 0.1) is 0 Å². The van der Waals surface area contributed by atoms with Crippen molar-refractivity contribution in [3.8, 4) is 0 Å². The first kappa shape index (κ1) is 8.01. The van der Waals surface area contributed by atoms with Crippen molar-refractivity contribution in [2.24, 2.45) is 4.99 Å². The molecule has 0 saturated heterocycles. The van der Waals surface area contributed by atoms with Gasteiger partial charge < -0.3 is 0 Å². The van der Waals surface area contributed by atoms with E-state index in [4.69, 9.17) is 0 Å². The number of hydrogen-bond donors (Lipinski definition) is 1. The topological polar surface area (TPSA) is 27.6 Å². The lowest BCUT2D eigenvalue weighted by Crippen LogP contribution is -2.28. The van der Waals surface area contributed by atoms with E-state index in [0.717, 1.165) is 6.54 Å². The molecule has 0 unspecified atom stereocenters. The third-order valence-electron chi connectivity index (χ3n) is 1.32. The average Bonchev–Trinajstić information content (AvgIpc) is 2.50. The largest absolute Gasteiger partial charge is 0.294 e. The van der Waals surface area contributed by atoms with E-state index < -0.39 is 0 Å². The molecule has 0 spiro atoms. The van der Waals surface area contributed by atoms with Gasteiger partial charge in [-0.05, 0) is 13.0 Å². The number of nitrogens with zero attached hydrogens (tertiary/aromatic N) is 2. The Morgan fingerprint density at radius 2 is 2.64 bits per heavy atom. The Morgan fingerprint density at radius 3 is 3.27 bits per heavy atom. The molecule has 1 aliphatic rings. The number of aliphatic imine (C=N–C) groups is 1. The Balaban J connectivity index is 2.16. The van der Waals surface area contributed by atoms with Crippen molar-refractivity contribution in [3.05, 3.63) is 24.4 Å². The van der Waals surface area contributed by atoms with E-state index in [2.05, 4.69) is 16.5 Å². The number of rotatable bonds is 3. The van der Waals surface area contributed by atoms with Gasteiger partial charge in [-0.1, -0.05) is 12.2 Å². The van der Waals surface area contributed by atoms with Crippen LogP contribution >= 0.6 is 0 Å². The van der Waals surface area contributed by atoms with Gasteiger partial charge in [0.2, 0.25) is 0 Å². The van der Waals surface area contributed by atoms with Gasteiger partial charge in [-0.15, -0.1) is 0 Å². The monoisotopic (exact) mass is 151 g/mol. The standard InChI is InChI=1S/C8H13N3/c1-2-3-5-9-8-11-7-4-6-10-11/h2-5,7,10H,6,8H2,1H3/b3-2-,9-5-. The predicted molar refractivity (Wildman–Crippen MR) is 47.2 cm³/mol. The summed E-state index contributed by atoms with van der Waals surface area (Å²) in [5.74, 6) is 0. The molecule has 1 heterocycles. The SMILES string of the molecule is C/C=C\C=N/CN1C=CCN1. The molecule has 0 atom stereocenters. The first-order chi connectivity index (χ1) is 5.43. The molecule has 60 valence electrons. The summed E-state index contributed by atoms with van der Waals surface area (Å²) in [6.07, 6.45) is 9.72. The predicted octanol–water partition coefficient (Wildman–Crippen LogP) is 0.925. The molecule has 0 aromatic heterocycles. The minimum Gasteiger partial charge on any atom is -0.294 e. The van der Waals surface area contributed by atoms with Gasteiger partial charge in [0.25, 0.3) is 0 Å². The van der Waals surface area contributed by atoms with E-state index in [1.54, 1.807) is 6.21 Å².